The average molecular weight is 481 g/mol. The van der Waals surface area contributed by atoms with Crippen LogP contribution in [0.4, 0.5) is 0 Å². The summed E-state index contributed by atoms with van der Waals surface area (Å²) in [7, 11) is 0. The molecule has 184 valence electrons. The quantitative estimate of drug-likeness (QED) is 0.318. The summed E-state index contributed by atoms with van der Waals surface area (Å²) >= 11 is 0. The van der Waals surface area contributed by atoms with Gasteiger partial charge in [-0.1, -0.05) is 72.3 Å². The fourth-order valence-corrected chi connectivity index (χ4v) is 5.93. The molecule has 6 nitrogen and oxygen atoms in total. The van der Waals surface area contributed by atoms with Crippen molar-refractivity contribution >= 4 is 16.3 Å². The molecule has 1 fully saturated rings. The largest absolute Gasteiger partial charge is 0.438 e. The number of benzene rings is 2. The molecule has 1 unspecified atom stereocenters. The zero-order valence-electron chi connectivity index (χ0n) is 20.9. The molecule has 2 aliphatic carbocycles. The Balaban J connectivity index is 1.09. The topological polar surface area (TPSA) is 77.0 Å². The molecule has 0 amide bonds. The summed E-state index contributed by atoms with van der Waals surface area (Å²) in [4.78, 5) is 8.63. The van der Waals surface area contributed by atoms with Gasteiger partial charge in [-0.05, 0) is 67.7 Å². The molecule has 4 aromatic rings. The van der Waals surface area contributed by atoms with E-state index in [2.05, 4.69) is 88.1 Å². The first-order chi connectivity index (χ1) is 17.7. The minimum Gasteiger partial charge on any atom is -0.438 e. The average Bonchev–Trinajstić information content (AvgIpc) is 3.57. The Morgan fingerprint density at radius 2 is 1.97 bits per heavy atom. The number of fused-ring (bicyclic) bond motifs is 1. The third kappa shape index (κ3) is 4.53. The van der Waals surface area contributed by atoms with E-state index in [1.807, 2.05) is 6.92 Å². The van der Waals surface area contributed by atoms with Crippen molar-refractivity contribution in [2.45, 2.75) is 58.0 Å². The second-order valence-electron chi connectivity index (χ2n) is 10.2. The minimum atomic E-state index is 0.327. The molecule has 1 N–H and O–H groups in total. The lowest BCUT2D eigenvalue weighted by Crippen LogP contribution is -2.37. The summed E-state index contributed by atoms with van der Waals surface area (Å²) in [5, 5.41) is 10.8. The first kappa shape index (κ1) is 22.9. The lowest BCUT2D eigenvalue weighted by molar-refractivity contribution is 0.228. The Bertz CT molecular complexity index is 1410. The van der Waals surface area contributed by atoms with Crippen LogP contribution in [0.1, 0.15) is 62.2 Å². The molecule has 2 aliphatic rings. The maximum Gasteiger partial charge on any atom is 0.295 e. The number of hydrogen-bond donors (Lipinski definition) is 1. The maximum atomic E-state index is 5.42. The summed E-state index contributed by atoms with van der Waals surface area (Å²) < 4.78 is 10.8. The van der Waals surface area contributed by atoms with E-state index >= 15 is 0 Å². The number of nitrogens with one attached hydrogen (secondary N) is 1. The lowest BCUT2D eigenvalue weighted by atomic mass is 9.75. The van der Waals surface area contributed by atoms with E-state index in [9.17, 15) is 0 Å². The minimum absolute atomic E-state index is 0.327. The Morgan fingerprint density at radius 1 is 1.08 bits per heavy atom. The van der Waals surface area contributed by atoms with E-state index in [0.29, 0.717) is 41.4 Å². The van der Waals surface area contributed by atoms with E-state index in [1.54, 1.807) is 0 Å². The number of nitrogens with zero attached hydrogens (tertiary/aromatic N) is 3. The first-order valence-electron chi connectivity index (χ1n) is 13.0. The molecule has 6 rings (SSSR count). The van der Waals surface area contributed by atoms with Gasteiger partial charge in [0.15, 0.2) is 6.39 Å². The molecule has 6 heteroatoms. The van der Waals surface area contributed by atoms with Crippen molar-refractivity contribution in [1.82, 2.24) is 20.4 Å². The van der Waals surface area contributed by atoms with Gasteiger partial charge in [0.25, 0.3) is 5.89 Å². The Kier molecular flexibility index (Phi) is 6.28. The zero-order valence-corrected chi connectivity index (χ0v) is 20.9. The van der Waals surface area contributed by atoms with Crippen LogP contribution in [-0.2, 0) is 0 Å². The predicted molar refractivity (Wildman–Crippen MR) is 141 cm³/mol. The van der Waals surface area contributed by atoms with Crippen molar-refractivity contribution in [3.05, 3.63) is 84.2 Å². The van der Waals surface area contributed by atoms with Crippen LogP contribution in [0.2, 0.25) is 0 Å². The highest BCUT2D eigenvalue weighted by Crippen LogP contribution is 2.37. The normalized spacial score (nSPS) is 23.1. The van der Waals surface area contributed by atoms with Gasteiger partial charge in [0.05, 0.1) is 5.69 Å². The van der Waals surface area contributed by atoms with Crippen molar-refractivity contribution in [2.75, 3.05) is 0 Å². The van der Waals surface area contributed by atoms with Gasteiger partial charge < -0.3 is 14.3 Å². The van der Waals surface area contributed by atoms with Crippen LogP contribution >= 0.6 is 0 Å². The van der Waals surface area contributed by atoms with Crippen molar-refractivity contribution in [1.29, 1.82) is 0 Å². The summed E-state index contributed by atoms with van der Waals surface area (Å²) in [6, 6.07) is 16.2. The smallest absolute Gasteiger partial charge is 0.295 e. The number of oxazole rings is 1. The molecule has 2 aromatic heterocycles. The van der Waals surface area contributed by atoms with Gasteiger partial charge in [-0.15, -0.1) is 0 Å². The van der Waals surface area contributed by atoms with Gasteiger partial charge in [-0.2, -0.15) is 4.98 Å². The second kappa shape index (κ2) is 9.86. The maximum absolute atomic E-state index is 5.42. The molecule has 0 bridgehead atoms. The van der Waals surface area contributed by atoms with E-state index in [-0.39, 0.29) is 0 Å². The molecular formula is C30H32N4O2. The Morgan fingerprint density at radius 3 is 2.81 bits per heavy atom. The molecule has 36 heavy (non-hydrogen) atoms. The van der Waals surface area contributed by atoms with E-state index in [0.717, 1.165) is 17.7 Å². The van der Waals surface area contributed by atoms with Gasteiger partial charge in [0, 0.05) is 17.7 Å². The summed E-state index contributed by atoms with van der Waals surface area (Å²) in [5.41, 5.74) is 3.14. The van der Waals surface area contributed by atoms with Gasteiger partial charge in [-0.25, -0.2) is 4.98 Å². The van der Waals surface area contributed by atoms with Crippen LogP contribution in [0.25, 0.3) is 28.0 Å². The van der Waals surface area contributed by atoms with E-state index in [1.165, 1.54) is 48.4 Å². The van der Waals surface area contributed by atoms with Crippen LogP contribution in [0, 0.1) is 18.8 Å². The molecule has 0 aliphatic heterocycles. The van der Waals surface area contributed by atoms with Crippen LogP contribution in [0.5, 0.6) is 0 Å². The van der Waals surface area contributed by atoms with E-state index < -0.39 is 0 Å². The summed E-state index contributed by atoms with van der Waals surface area (Å²) in [5.74, 6) is 2.74. The number of hydrogen-bond acceptors (Lipinski definition) is 6. The SMILES string of the molecule is Cc1ncoc1-c1nc(C2=CCC([C@H]3CCC[C@H](N[C@H](C)c4cccc5ccccc45)C3)C=C2)no1. The van der Waals surface area contributed by atoms with E-state index in [4.69, 9.17) is 8.94 Å². The fourth-order valence-electron chi connectivity index (χ4n) is 5.93. The second-order valence-corrected chi connectivity index (χ2v) is 10.2. The molecule has 2 aromatic carbocycles. The standard InChI is InChI=1S/C30H32N4O2/c1-19(26-12-6-8-22-7-3-4-11-27(22)26)32-25-10-5-9-24(17-25)21-13-15-23(16-14-21)29-33-30(36-34-29)28-20(2)31-18-35-28/h3-4,6-8,11-13,15-16,18-19,21,24-25,32H,5,9-10,14,17H2,1-2H3/t19-,21?,24+,25+/m1/s1. The molecule has 0 saturated heterocycles. The lowest BCUT2D eigenvalue weighted by Gasteiger charge is -2.36. The van der Waals surface area contributed by atoms with Crippen LogP contribution in [0.3, 0.4) is 0 Å². The number of rotatable bonds is 6. The molecule has 0 spiro atoms. The van der Waals surface area contributed by atoms with Crippen molar-refractivity contribution in [3.8, 4) is 11.7 Å². The molecule has 1 saturated carbocycles. The monoisotopic (exact) mass is 480 g/mol. The van der Waals surface area contributed by atoms with Gasteiger partial charge in [0.1, 0.15) is 0 Å². The number of allylic oxidation sites excluding steroid dienone is 4. The third-order valence-corrected chi connectivity index (χ3v) is 7.85. The third-order valence-electron chi connectivity index (χ3n) is 7.85. The Labute approximate surface area is 211 Å². The highest BCUT2D eigenvalue weighted by Gasteiger charge is 2.29. The fraction of sp³-hybridized carbons (Fsp3) is 0.367. The highest BCUT2D eigenvalue weighted by molar-refractivity contribution is 5.86. The summed E-state index contributed by atoms with van der Waals surface area (Å²) in [6.07, 6.45) is 14.2. The van der Waals surface area contributed by atoms with Crippen molar-refractivity contribution in [3.63, 3.8) is 0 Å². The van der Waals surface area contributed by atoms with Crippen molar-refractivity contribution in [2.24, 2.45) is 11.8 Å². The number of aryl methyl sites for hydroxylation is 1. The predicted octanol–water partition coefficient (Wildman–Crippen LogP) is 7.06. The highest BCUT2D eigenvalue weighted by atomic mass is 16.5. The number of aromatic nitrogens is 3. The van der Waals surface area contributed by atoms with Crippen LogP contribution in [0.15, 0.2) is 76.0 Å². The van der Waals surface area contributed by atoms with Crippen LogP contribution < -0.4 is 5.32 Å². The zero-order chi connectivity index (χ0) is 24.5. The molecule has 4 atom stereocenters. The van der Waals surface area contributed by atoms with Gasteiger partial charge in [-0.3, -0.25) is 0 Å². The van der Waals surface area contributed by atoms with Crippen LogP contribution in [-0.4, -0.2) is 21.2 Å². The van der Waals surface area contributed by atoms with Crippen molar-refractivity contribution < 1.29 is 8.94 Å². The summed E-state index contributed by atoms with van der Waals surface area (Å²) in [6.45, 7) is 4.17. The Hall–Kier alpha value is -3.51. The molecule has 2 heterocycles. The molecule has 0 radical (unpaired) electrons. The van der Waals surface area contributed by atoms with Gasteiger partial charge in [0.2, 0.25) is 11.6 Å². The molecular weight excluding hydrogens is 448 g/mol. The van der Waals surface area contributed by atoms with Gasteiger partial charge >= 0.3 is 0 Å². The first-order valence-corrected chi connectivity index (χ1v) is 13.0.